The van der Waals surface area contributed by atoms with Crippen LogP contribution < -0.4 is 11.1 Å². The van der Waals surface area contributed by atoms with Crippen molar-refractivity contribution in [2.75, 3.05) is 18.4 Å². The number of nitrogens with one attached hydrogen (secondary N) is 1. The van der Waals surface area contributed by atoms with Gasteiger partial charge in [-0.25, -0.2) is 0 Å². The Hall–Kier alpha value is -1.59. The van der Waals surface area contributed by atoms with Crippen LogP contribution >= 0.6 is 11.6 Å². The summed E-state index contributed by atoms with van der Waals surface area (Å²) in [4.78, 5) is 26.8. The van der Waals surface area contributed by atoms with E-state index in [2.05, 4.69) is 12.2 Å². The van der Waals surface area contributed by atoms with Crippen molar-refractivity contribution in [3.8, 4) is 0 Å². The first-order valence-electron chi connectivity index (χ1n) is 8.92. The molecule has 0 aliphatic carbocycles. The number of carbonyl (C=O) groups excluding carboxylic acids is 2. The number of rotatable bonds is 5. The van der Waals surface area contributed by atoms with Gasteiger partial charge in [0.25, 0.3) is 5.91 Å². The smallest absolute Gasteiger partial charge is 0.255 e. The highest BCUT2D eigenvalue weighted by Gasteiger charge is 2.30. The zero-order valence-electron chi connectivity index (χ0n) is 15.2. The van der Waals surface area contributed by atoms with Crippen molar-refractivity contribution in [3.05, 3.63) is 28.8 Å². The topological polar surface area (TPSA) is 75.4 Å². The minimum Gasteiger partial charge on any atom is -0.334 e. The van der Waals surface area contributed by atoms with Crippen molar-refractivity contribution in [2.24, 2.45) is 17.6 Å². The quantitative estimate of drug-likeness (QED) is 0.838. The summed E-state index contributed by atoms with van der Waals surface area (Å²) >= 11 is 6.26. The molecule has 0 radical (unpaired) electrons. The average Bonchev–Trinajstić information content (AvgIpc) is 2.55. The van der Waals surface area contributed by atoms with Crippen LogP contribution in [0.3, 0.4) is 0 Å². The van der Waals surface area contributed by atoms with Gasteiger partial charge < -0.3 is 16.0 Å². The summed E-state index contributed by atoms with van der Waals surface area (Å²) in [5.74, 6) is 0.651. The fraction of sp³-hybridized carbons (Fsp3) is 0.579. The Morgan fingerprint density at radius 3 is 2.76 bits per heavy atom. The molecule has 1 saturated heterocycles. The Balaban J connectivity index is 2.18. The maximum absolute atomic E-state index is 13.0. The minimum absolute atomic E-state index is 0.0338. The number of benzene rings is 1. The van der Waals surface area contributed by atoms with Crippen molar-refractivity contribution in [3.63, 3.8) is 0 Å². The molecule has 0 saturated carbocycles. The number of likely N-dealkylation sites (tertiary alicyclic amines) is 1. The lowest BCUT2D eigenvalue weighted by atomic mass is 9.92. The number of amides is 2. The molecule has 0 aromatic heterocycles. The zero-order chi connectivity index (χ0) is 18.6. The monoisotopic (exact) mass is 365 g/mol. The van der Waals surface area contributed by atoms with Gasteiger partial charge in [-0.3, -0.25) is 9.59 Å². The molecule has 1 aromatic carbocycles. The number of anilines is 1. The Labute approximate surface area is 154 Å². The number of carbonyl (C=O) groups is 2. The molecule has 2 rings (SSSR count). The lowest BCUT2D eigenvalue weighted by Crippen LogP contribution is -2.49. The predicted octanol–water partition coefficient (Wildman–Crippen LogP) is 3.52. The number of halogens is 1. The molecular weight excluding hydrogens is 338 g/mol. The molecule has 0 spiro atoms. The molecule has 1 aromatic rings. The first kappa shape index (κ1) is 19.7. The number of nitrogens with zero attached hydrogens (tertiary/aromatic N) is 1. The molecule has 1 heterocycles. The van der Waals surface area contributed by atoms with Crippen molar-refractivity contribution in [1.82, 2.24) is 4.90 Å². The van der Waals surface area contributed by atoms with E-state index in [1.807, 2.05) is 18.7 Å². The van der Waals surface area contributed by atoms with Crippen molar-refractivity contribution >= 4 is 29.1 Å². The third-order valence-corrected chi connectivity index (χ3v) is 4.91. The minimum atomic E-state index is -0.118. The summed E-state index contributed by atoms with van der Waals surface area (Å²) in [7, 11) is 0. The molecule has 25 heavy (non-hydrogen) atoms. The fourth-order valence-electron chi connectivity index (χ4n) is 3.25. The average molecular weight is 366 g/mol. The van der Waals surface area contributed by atoms with Crippen LogP contribution in [-0.4, -0.2) is 35.8 Å². The second kappa shape index (κ2) is 8.68. The first-order valence-corrected chi connectivity index (χ1v) is 9.30. The van der Waals surface area contributed by atoms with E-state index < -0.39 is 0 Å². The third-order valence-electron chi connectivity index (χ3n) is 4.59. The zero-order valence-corrected chi connectivity index (χ0v) is 16.0. The van der Waals surface area contributed by atoms with Gasteiger partial charge in [0.05, 0.1) is 10.6 Å². The maximum atomic E-state index is 13.0. The number of hydrogen-bond donors (Lipinski definition) is 2. The lowest BCUT2D eigenvalue weighted by Gasteiger charge is -2.38. The second-order valence-corrected chi connectivity index (χ2v) is 7.77. The highest BCUT2D eigenvalue weighted by atomic mass is 35.5. The van der Waals surface area contributed by atoms with Gasteiger partial charge in [0.15, 0.2) is 0 Å². The van der Waals surface area contributed by atoms with Gasteiger partial charge in [0, 0.05) is 31.2 Å². The molecule has 1 fully saturated rings. The standard InChI is InChI=1S/C19H28ClN3O2/c1-12(2)8-18(24)22-14-4-5-17(20)16(10-14)19(25)23-7-6-13(3)9-15(23)11-21/h4-5,10,12-13,15H,6-9,11,21H2,1-3H3,(H,22,24). The van der Waals surface area contributed by atoms with E-state index in [-0.39, 0.29) is 23.8 Å². The van der Waals surface area contributed by atoms with Crippen LogP contribution in [0.1, 0.15) is 50.4 Å². The van der Waals surface area contributed by atoms with Gasteiger partial charge in [0.1, 0.15) is 0 Å². The molecule has 1 aliphatic heterocycles. The molecule has 138 valence electrons. The van der Waals surface area contributed by atoms with Crippen molar-refractivity contribution < 1.29 is 9.59 Å². The molecule has 5 nitrogen and oxygen atoms in total. The fourth-order valence-corrected chi connectivity index (χ4v) is 3.45. The Kier molecular flexibility index (Phi) is 6.85. The van der Waals surface area contributed by atoms with E-state index in [0.717, 1.165) is 12.8 Å². The van der Waals surface area contributed by atoms with Crippen LogP contribution in [-0.2, 0) is 4.79 Å². The van der Waals surface area contributed by atoms with Crippen LogP contribution in [0, 0.1) is 11.8 Å². The van der Waals surface area contributed by atoms with Gasteiger partial charge in [-0.15, -0.1) is 0 Å². The maximum Gasteiger partial charge on any atom is 0.255 e. The Morgan fingerprint density at radius 2 is 2.12 bits per heavy atom. The Morgan fingerprint density at radius 1 is 1.40 bits per heavy atom. The molecule has 1 aliphatic rings. The van der Waals surface area contributed by atoms with Gasteiger partial charge >= 0.3 is 0 Å². The van der Waals surface area contributed by atoms with E-state index in [1.165, 1.54) is 0 Å². The van der Waals surface area contributed by atoms with E-state index in [1.54, 1.807) is 18.2 Å². The van der Waals surface area contributed by atoms with Crippen LogP contribution in [0.15, 0.2) is 18.2 Å². The van der Waals surface area contributed by atoms with Crippen LogP contribution in [0.4, 0.5) is 5.69 Å². The molecule has 2 unspecified atom stereocenters. The summed E-state index contributed by atoms with van der Waals surface area (Å²) < 4.78 is 0. The van der Waals surface area contributed by atoms with Gasteiger partial charge in [0.2, 0.25) is 5.91 Å². The van der Waals surface area contributed by atoms with Crippen molar-refractivity contribution in [1.29, 1.82) is 0 Å². The van der Waals surface area contributed by atoms with Crippen LogP contribution in [0.25, 0.3) is 0 Å². The normalized spacial score (nSPS) is 20.6. The van der Waals surface area contributed by atoms with E-state index in [4.69, 9.17) is 17.3 Å². The summed E-state index contributed by atoms with van der Waals surface area (Å²) in [6.45, 7) is 7.28. The predicted molar refractivity (Wildman–Crippen MR) is 102 cm³/mol. The largest absolute Gasteiger partial charge is 0.334 e. The third kappa shape index (κ3) is 5.19. The molecule has 0 bridgehead atoms. The summed E-state index contributed by atoms with van der Waals surface area (Å²) in [5, 5.41) is 3.23. The Bertz CT molecular complexity index is 633. The number of hydrogen-bond acceptors (Lipinski definition) is 3. The number of nitrogens with two attached hydrogens (primary N) is 1. The van der Waals surface area contributed by atoms with E-state index in [0.29, 0.717) is 41.7 Å². The molecule has 2 amide bonds. The second-order valence-electron chi connectivity index (χ2n) is 7.36. The highest BCUT2D eigenvalue weighted by Crippen LogP contribution is 2.27. The van der Waals surface area contributed by atoms with Gasteiger partial charge in [-0.2, -0.15) is 0 Å². The van der Waals surface area contributed by atoms with E-state index >= 15 is 0 Å². The lowest BCUT2D eigenvalue weighted by molar-refractivity contribution is -0.116. The van der Waals surface area contributed by atoms with Crippen LogP contribution in [0.2, 0.25) is 5.02 Å². The number of piperidine rings is 1. The van der Waals surface area contributed by atoms with Crippen molar-refractivity contribution in [2.45, 2.75) is 46.1 Å². The molecule has 2 atom stereocenters. The summed E-state index contributed by atoms with van der Waals surface area (Å²) in [6, 6.07) is 5.07. The van der Waals surface area contributed by atoms with E-state index in [9.17, 15) is 9.59 Å². The first-order chi connectivity index (χ1) is 11.8. The molecule has 6 heteroatoms. The summed E-state index contributed by atoms with van der Waals surface area (Å²) in [5.41, 5.74) is 6.87. The van der Waals surface area contributed by atoms with Gasteiger partial charge in [-0.1, -0.05) is 32.4 Å². The SMILES string of the molecule is CC(C)CC(=O)Nc1ccc(Cl)c(C(=O)N2CCC(C)CC2CN)c1. The van der Waals surface area contributed by atoms with Crippen LogP contribution in [0.5, 0.6) is 0 Å². The van der Waals surface area contributed by atoms with Gasteiger partial charge in [-0.05, 0) is 42.9 Å². The summed E-state index contributed by atoms with van der Waals surface area (Å²) in [6.07, 6.45) is 2.31. The highest BCUT2D eigenvalue weighted by molar-refractivity contribution is 6.34. The molecule has 3 N–H and O–H groups in total. The molecular formula is C19H28ClN3O2.